The molecule has 1 fully saturated rings. The molecule has 0 unspecified atom stereocenters. The van der Waals surface area contributed by atoms with Crippen LogP contribution in [0, 0.1) is 10.1 Å². The predicted molar refractivity (Wildman–Crippen MR) is 44.8 cm³/mol. The van der Waals surface area contributed by atoms with Gasteiger partial charge in [-0.3, -0.25) is 10.1 Å². The summed E-state index contributed by atoms with van der Waals surface area (Å²) in [7, 11) is 0. The van der Waals surface area contributed by atoms with Crippen molar-refractivity contribution in [1.29, 1.82) is 0 Å². The Hall–Kier alpha value is -0.970. The molecule has 0 aromatic carbocycles. The zero-order chi connectivity index (χ0) is 8.55. The van der Waals surface area contributed by atoms with Crippen LogP contribution in [-0.4, -0.2) is 9.91 Å². The van der Waals surface area contributed by atoms with Crippen molar-refractivity contribution < 1.29 is 4.92 Å². The predicted octanol–water partition coefficient (Wildman–Crippen LogP) is 1.80. The van der Waals surface area contributed by atoms with Crippen LogP contribution < -0.4 is 0 Å². The molecule has 1 aliphatic rings. The number of hydrogen-bond donors (Lipinski definition) is 0. The third-order valence-corrected chi connectivity index (χ3v) is 2.74. The van der Waals surface area contributed by atoms with E-state index in [1.165, 1.54) is 11.3 Å². The number of nitrogens with zero attached hydrogens (tertiary/aromatic N) is 2. The fourth-order valence-corrected chi connectivity index (χ4v) is 2.02. The Balaban J connectivity index is 2.18. The van der Waals surface area contributed by atoms with Gasteiger partial charge in [0.05, 0.1) is 16.1 Å². The molecule has 0 amide bonds. The third-order valence-electron chi connectivity index (χ3n) is 1.91. The van der Waals surface area contributed by atoms with Crippen LogP contribution in [0.15, 0.2) is 5.51 Å². The van der Waals surface area contributed by atoms with E-state index in [9.17, 15) is 10.1 Å². The molecule has 64 valence electrons. The first-order valence-corrected chi connectivity index (χ1v) is 4.69. The smallest absolute Gasteiger partial charge is 0.239 e. The van der Waals surface area contributed by atoms with Crippen molar-refractivity contribution in [1.82, 2.24) is 4.98 Å². The molecule has 0 spiro atoms. The van der Waals surface area contributed by atoms with Gasteiger partial charge in [-0.2, -0.15) is 0 Å². The first-order valence-electron chi connectivity index (χ1n) is 3.81. The zero-order valence-corrected chi connectivity index (χ0v) is 7.21. The lowest BCUT2D eigenvalue weighted by molar-refractivity contribution is -0.496. The maximum absolute atomic E-state index is 10.2. The van der Waals surface area contributed by atoms with E-state index in [4.69, 9.17) is 0 Å². The van der Waals surface area contributed by atoms with Crippen molar-refractivity contribution in [3.05, 3.63) is 26.2 Å². The van der Waals surface area contributed by atoms with Gasteiger partial charge in [0.25, 0.3) is 0 Å². The first kappa shape index (κ1) is 7.67. The van der Waals surface area contributed by atoms with E-state index in [1.54, 1.807) is 5.51 Å². The summed E-state index contributed by atoms with van der Waals surface area (Å²) < 4.78 is 0. The summed E-state index contributed by atoms with van der Waals surface area (Å²) >= 11 is 1.39. The molecule has 1 heterocycles. The van der Waals surface area contributed by atoms with E-state index >= 15 is 0 Å². The molecule has 0 aliphatic heterocycles. The number of aromatic nitrogens is 1. The molecule has 0 bridgehead atoms. The summed E-state index contributed by atoms with van der Waals surface area (Å²) in [5.74, 6) is 0.520. The maximum atomic E-state index is 10.2. The lowest BCUT2D eigenvalue weighted by atomic mass is 10.2. The van der Waals surface area contributed by atoms with Gasteiger partial charge in [0.1, 0.15) is 0 Å². The van der Waals surface area contributed by atoms with Crippen LogP contribution in [0.5, 0.6) is 0 Å². The fraction of sp³-hybridized carbons (Fsp3) is 0.571. The van der Waals surface area contributed by atoms with Gasteiger partial charge in [0, 0.05) is 10.8 Å². The van der Waals surface area contributed by atoms with Crippen LogP contribution in [0.2, 0.25) is 0 Å². The van der Waals surface area contributed by atoms with Gasteiger partial charge in [-0.1, -0.05) is 0 Å². The molecule has 2 rings (SSSR count). The normalized spacial score (nSPS) is 16.3. The highest BCUT2D eigenvalue weighted by Crippen LogP contribution is 2.41. The Morgan fingerprint density at radius 1 is 1.75 bits per heavy atom. The van der Waals surface area contributed by atoms with Crippen molar-refractivity contribution in [2.24, 2.45) is 0 Å². The molecular formula is C7H8N2O2S. The number of thiazole rings is 1. The molecule has 4 nitrogen and oxygen atoms in total. The molecule has 1 aliphatic carbocycles. The van der Waals surface area contributed by atoms with Gasteiger partial charge in [0.2, 0.25) is 6.54 Å². The number of hydrogen-bond acceptors (Lipinski definition) is 4. The van der Waals surface area contributed by atoms with Gasteiger partial charge in [-0.25, -0.2) is 4.98 Å². The van der Waals surface area contributed by atoms with Crippen LogP contribution in [-0.2, 0) is 6.54 Å². The number of rotatable bonds is 3. The van der Waals surface area contributed by atoms with E-state index in [-0.39, 0.29) is 11.5 Å². The Labute approximate surface area is 73.4 Å². The van der Waals surface area contributed by atoms with Crippen LogP contribution in [0.1, 0.15) is 29.3 Å². The SMILES string of the molecule is O=[N+]([O-])Cc1scnc1C1CC1. The standard InChI is InChI=1S/C7H8N2O2S/c10-9(11)3-6-7(5-1-2-5)8-4-12-6/h4-5H,1-3H2. The second kappa shape index (κ2) is 2.82. The fourth-order valence-electron chi connectivity index (χ4n) is 1.20. The third kappa shape index (κ3) is 1.45. The van der Waals surface area contributed by atoms with Gasteiger partial charge < -0.3 is 0 Å². The highest BCUT2D eigenvalue weighted by Gasteiger charge is 2.29. The summed E-state index contributed by atoms with van der Waals surface area (Å²) in [6.07, 6.45) is 2.29. The largest absolute Gasteiger partial charge is 0.264 e. The van der Waals surface area contributed by atoms with E-state index in [0.29, 0.717) is 5.92 Å². The molecule has 1 aromatic rings. The van der Waals surface area contributed by atoms with Crippen LogP contribution >= 0.6 is 11.3 Å². The molecule has 1 saturated carbocycles. The highest BCUT2D eigenvalue weighted by molar-refractivity contribution is 7.09. The average Bonchev–Trinajstić information content (AvgIpc) is 2.73. The van der Waals surface area contributed by atoms with Crippen LogP contribution in [0.4, 0.5) is 0 Å². The van der Waals surface area contributed by atoms with Gasteiger partial charge >= 0.3 is 0 Å². The van der Waals surface area contributed by atoms with Crippen LogP contribution in [0.25, 0.3) is 0 Å². The molecule has 0 atom stereocenters. The van der Waals surface area contributed by atoms with E-state index in [1.807, 2.05) is 0 Å². The summed E-state index contributed by atoms with van der Waals surface area (Å²) in [5.41, 5.74) is 2.67. The van der Waals surface area contributed by atoms with Crippen molar-refractivity contribution in [3.8, 4) is 0 Å². The first-order chi connectivity index (χ1) is 5.77. The van der Waals surface area contributed by atoms with Crippen LogP contribution in [0.3, 0.4) is 0 Å². The zero-order valence-electron chi connectivity index (χ0n) is 6.40. The Morgan fingerprint density at radius 2 is 2.50 bits per heavy atom. The topological polar surface area (TPSA) is 56.0 Å². The van der Waals surface area contributed by atoms with Crippen molar-refractivity contribution in [2.75, 3.05) is 0 Å². The lowest BCUT2D eigenvalue weighted by Gasteiger charge is -1.93. The Morgan fingerprint density at radius 3 is 3.08 bits per heavy atom. The molecule has 0 saturated heterocycles. The second-order valence-electron chi connectivity index (χ2n) is 2.93. The molecular weight excluding hydrogens is 176 g/mol. The molecule has 0 N–H and O–H groups in total. The Kier molecular flexibility index (Phi) is 1.80. The Bertz CT molecular complexity index is 306. The summed E-state index contributed by atoms with van der Waals surface area (Å²) in [6.45, 7) is -0.0590. The monoisotopic (exact) mass is 184 g/mol. The van der Waals surface area contributed by atoms with E-state index < -0.39 is 0 Å². The highest BCUT2D eigenvalue weighted by atomic mass is 32.1. The second-order valence-corrected chi connectivity index (χ2v) is 3.87. The molecule has 0 radical (unpaired) electrons. The van der Waals surface area contributed by atoms with E-state index in [2.05, 4.69) is 4.98 Å². The van der Waals surface area contributed by atoms with Gasteiger partial charge in [-0.15, -0.1) is 11.3 Å². The molecule has 1 aromatic heterocycles. The maximum Gasteiger partial charge on any atom is 0.239 e. The van der Waals surface area contributed by atoms with E-state index in [0.717, 1.165) is 23.4 Å². The van der Waals surface area contributed by atoms with Gasteiger partial charge in [-0.05, 0) is 12.8 Å². The van der Waals surface area contributed by atoms with Gasteiger partial charge in [0.15, 0.2) is 0 Å². The number of nitro groups is 1. The quantitative estimate of drug-likeness (QED) is 0.531. The van der Waals surface area contributed by atoms with Crippen molar-refractivity contribution >= 4 is 11.3 Å². The minimum atomic E-state index is -0.292. The van der Waals surface area contributed by atoms with Crippen molar-refractivity contribution in [2.45, 2.75) is 25.3 Å². The lowest BCUT2D eigenvalue weighted by Crippen LogP contribution is -1.98. The minimum Gasteiger partial charge on any atom is -0.264 e. The summed E-state index contributed by atoms with van der Waals surface area (Å²) in [5, 5.41) is 10.2. The summed E-state index contributed by atoms with van der Waals surface area (Å²) in [6, 6.07) is 0. The summed E-state index contributed by atoms with van der Waals surface area (Å²) in [4.78, 5) is 14.9. The minimum absolute atomic E-state index is 0.0590. The molecule has 12 heavy (non-hydrogen) atoms. The van der Waals surface area contributed by atoms with Crippen molar-refractivity contribution in [3.63, 3.8) is 0 Å². The average molecular weight is 184 g/mol. The molecule has 5 heteroatoms.